The Morgan fingerprint density at radius 3 is 1.28 bits per heavy atom. The van der Waals surface area contributed by atoms with E-state index in [2.05, 4.69) is 19.2 Å². The summed E-state index contributed by atoms with van der Waals surface area (Å²) < 4.78 is 33.8. The Kier molecular flexibility index (Phi) is 44.7. The van der Waals surface area contributed by atoms with Crippen LogP contribution in [0.15, 0.2) is 0 Å². The third-order valence-electron chi connectivity index (χ3n) is 10.7. The summed E-state index contributed by atoms with van der Waals surface area (Å²) in [6.45, 7) is 4.14. The zero-order chi connectivity index (χ0) is 42.4. The molecule has 1 N–H and O–H groups in total. The monoisotopic (exact) mass is 843 g/mol. The third-order valence-corrected chi connectivity index (χ3v) is 11.4. The van der Waals surface area contributed by atoms with Crippen LogP contribution in [0.3, 0.4) is 0 Å². The van der Waals surface area contributed by atoms with Crippen molar-refractivity contribution in [3.05, 3.63) is 0 Å². The first kappa shape index (κ1) is 56.1. The molecule has 1 amide bonds. The normalized spacial score (nSPS) is 12.0. The molecule has 2 atom stereocenters. The smallest absolute Gasteiger partial charge is 0.462 e. The van der Waals surface area contributed by atoms with E-state index in [0.717, 1.165) is 38.5 Å². The Morgan fingerprint density at radius 1 is 0.500 bits per heavy atom. The van der Waals surface area contributed by atoms with Crippen molar-refractivity contribution in [1.29, 1.82) is 0 Å². The van der Waals surface area contributed by atoms with Crippen molar-refractivity contribution in [2.45, 2.75) is 251 Å². The number of ether oxygens (including phenoxy) is 2. The van der Waals surface area contributed by atoms with Gasteiger partial charge in [0.15, 0.2) is 6.10 Å². The van der Waals surface area contributed by atoms with Gasteiger partial charge in [-0.15, -0.1) is 9.05 Å². The molecule has 0 aromatic rings. The summed E-state index contributed by atoms with van der Waals surface area (Å²) in [6.07, 6.45) is 40.8. The second kappa shape index (κ2) is 46.2. The summed E-state index contributed by atoms with van der Waals surface area (Å²) in [5, 5.41) is 2.57. The molecule has 0 aliphatic carbocycles. The van der Waals surface area contributed by atoms with Gasteiger partial charge in [-0.1, -0.05) is 206 Å². The standard InChI is InChI=1S/C47H88NO9P/c1-3-5-7-9-11-13-15-17-19-21-23-25-27-29-31-33-37-46(51)54-42-44(43-56-58(53)55-41-39-48-45(50)36-35-40-49)57-47(52)38-34-32-30-28-26-24-22-20-18-16-14-12-10-8-6-4-2/h40,44H,3-39,41-43H2,1-2H3/p+1. The van der Waals surface area contributed by atoms with Gasteiger partial charge in [0.2, 0.25) is 5.91 Å². The predicted molar refractivity (Wildman–Crippen MR) is 237 cm³/mol. The predicted octanol–water partition coefficient (Wildman–Crippen LogP) is 13.5. The molecule has 0 bridgehead atoms. The summed E-state index contributed by atoms with van der Waals surface area (Å²) in [5.74, 6) is -1.05. The quantitative estimate of drug-likeness (QED) is 0.0275. The van der Waals surface area contributed by atoms with Crippen molar-refractivity contribution in [2.24, 2.45) is 0 Å². The first-order valence-corrected chi connectivity index (χ1v) is 25.3. The largest absolute Gasteiger partial charge is 0.697 e. The van der Waals surface area contributed by atoms with Crippen LogP contribution >= 0.6 is 8.25 Å². The Hall–Kier alpha value is -1.90. The molecule has 0 aromatic heterocycles. The summed E-state index contributed by atoms with van der Waals surface area (Å²) >= 11 is 0. The number of hydrogen-bond donors (Lipinski definition) is 1. The van der Waals surface area contributed by atoms with Crippen molar-refractivity contribution >= 4 is 32.4 Å². The number of esters is 2. The first-order chi connectivity index (χ1) is 28.4. The Balaban J connectivity index is 4.26. The van der Waals surface area contributed by atoms with Crippen LogP contribution in [0, 0.1) is 0 Å². The van der Waals surface area contributed by atoms with Gasteiger partial charge in [0.1, 0.15) is 26.1 Å². The maximum Gasteiger partial charge on any atom is 0.697 e. The zero-order valence-electron chi connectivity index (χ0n) is 37.6. The molecule has 0 saturated heterocycles. The molecule has 340 valence electrons. The molecule has 0 heterocycles. The highest BCUT2D eigenvalue weighted by Gasteiger charge is 2.26. The Bertz CT molecular complexity index is 966. The molecule has 0 aliphatic rings. The fourth-order valence-electron chi connectivity index (χ4n) is 7.02. The van der Waals surface area contributed by atoms with E-state index in [0.29, 0.717) is 12.7 Å². The number of nitrogens with one attached hydrogen (secondary N) is 1. The first-order valence-electron chi connectivity index (χ1n) is 24.2. The van der Waals surface area contributed by atoms with E-state index in [1.807, 2.05) is 0 Å². The Labute approximate surface area is 356 Å². The van der Waals surface area contributed by atoms with E-state index in [1.54, 1.807) is 0 Å². The van der Waals surface area contributed by atoms with E-state index in [-0.39, 0.29) is 57.5 Å². The number of carbonyl (C=O) groups excluding carboxylic acids is 4. The van der Waals surface area contributed by atoms with Crippen LogP contribution < -0.4 is 5.32 Å². The van der Waals surface area contributed by atoms with Crippen LogP contribution in [0.1, 0.15) is 245 Å². The van der Waals surface area contributed by atoms with Gasteiger partial charge in [-0.2, -0.15) is 0 Å². The molecule has 0 aromatic carbocycles. The summed E-state index contributed by atoms with van der Waals surface area (Å²) in [7, 11) is -2.55. The third kappa shape index (κ3) is 43.7. The van der Waals surface area contributed by atoms with Gasteiger partial charge in [0, 0.05) is 36.8 Å². The number of unbranched alkanes of at least 4 members (excludes halogenated alkanes) is 30. The maximum atomic E-state index is 12.7. The molecule has 2 unspecified atom stereocenters. The van der Waals surface area contributed by atoms with Crippen molar-refractivity contribution in [1.82, 2.24) is 5.32 Å². The molecule has 0 saturated carbocycles. The van der Waals surface area contributed by atoms with Crippen molar-refractivity contribution in [3.63, 3.8) is 0 Å². The van der Waals surface area contributed by atoms with Crippen LogP contribution in [-0.2, 0) is 42.3 Å². The zero-order valence-corrected chi connectivity index (χ0v) is 38.5. The van der Waals surface area contributed by atoms with Gasteiger partial charge in [-0.25, -0.2) is 0 Å². The van der Waals surface area contributed by atoms with Gasteiger partial charge >= 0.3 is 20.2 Å². The highest BCUT2D eigenvalue weighted by molar-refractivity contribution is 7.33. The average molecular weight is 843 g/mol. The van der Waals surface area contributed by atoms with Gasteiger partial charge in [-0.3, -0.25) is 14.4 Å². The summed E-state index contributed by atoms with van der Waals surface area (Å²) in [4.78, 5) is 47.2. The minimum absolute atomic E-state index is 0.0555. The highest BCUT2D eigenvalue weighted by atomic mass is 31.1. The van der Waals surface area contributed by atoms with E-state index in [4.69, 9.17) is 18.5 Å². The van der Waals surface area contributed by atoms with Crippen LogP contribution in [0.25, 0.3) is 0 Å². The van der Waals surface area contributed by atoms with Crippen LogP contribution in [0.5, 0.6) is 0 Å². The minimum atomic E-state index is -2.55. The molecule has 0 spiro atoms. The molecule has 10 nitrogen and oxygen atoms in total. The number of carbonyl (C=O) groups is 4. The van der Waals surface area contributed by atoms with E-state index in [9.17, 15) is 23.7 Å². The molecule has 58 heavy (non-hydrogen) atoms. The van der Waals surface area contributed by atoms with E-state index in [1.165, 1.54) is 167 Å². The fraction of sp³-hybridized carbons (Fsp3) is 0.915. The van der Waals surface area contributed by atoms with E-state index >= 15 is 0 Å². The number of rotatable bonds is 47. The van der Waals surface area contributed by atoms with Crippen LogP contribution in [0.2, 0.25) is 0 Å². The minimum Gasteiger partial charge on any atom is -0.462 e. The lowest BCUT2D eigenvalue weighted by Crippen LogP contribution is -2.29. The Morgan fingerprint density at radius 2 is 0.879 bits per heavy atom. The number of amides is 1. The summed E-state index contributed by atoms with van der Waals surface area (Å²) in [5.41, 5.74) is 0. The lowest BCUT2D eigenvalue weighted by atomic mass is 10.0. The topological polar surface area (TPSA) is 134 Å². The molecule has 0 rings (SSSR count). The molecule has 11 heteroatoms. The highest BCUT2D eigenvalue weighted by Crippen LogP contribution is 2.24. The van der Waals surface area contributed by atoms with Gasteiger partial charge in [0.05, 0.1) is 0 Å². The van der Waals surface area contributed by atoms with Gasteiger partial charge < -0.3 is 19.6 Å². The van der Waals surface area contributed by atoms with E-state index < -0.39 is 20.3 Å². The van der Waals surface area contributed by atoms with Crippen LogP contribution in [0.4, 0.5) is 0 Å². The fourth-order valence-corrected chi connectivity index (χ4v) is 7.63. The van der Waals surface area contributed by atoms with Crippen molar-refractivity contribution in [3.8, 4) is 0 Å². The molecule has 0 radical (unpaired) electrons. The molecular weight excluding hydrogens is 753 g/mol. The molecular formula is C47H89NO9P+. The average Bonchev–Trinajstić information content (AvgIpc) is 3.22. The van der Waals surface area contributed by atoms with Crippen LogP contribution in [-0.4, -0.2) is 56.6 Å². The lowest BCUT2D eigenvalue weighted by Gasteiger charge is -2.16. The van der Waals surface area contributed by atoms with Crippen molar-refractivity contribution in [2.75, 3.05) is 26.4 Å². The number of aldehydes is 1. The second-order valence-corrected chi connectivity index (χ2v) is 17.3. The molecule has 0 fully saturated rings. The van der Waals surface area contributed by atoms with Gasteiger partial charge in [-0.05, 0) is 12.8 Å². The molecule has 0 aliphatic heterocycles. The van der Waals surface area contributed by atoms with Crippen molar-refractivity contribution < 1.29 is 42.3 Å². The maximum absolute atomic E-state index is 12.7. The SMILES string of the molecule is CCCCCCCCCCCCCCCCCCC(=O)OCC(CO[P+](=O)OCCNC(=O)CCC=O)OC(=O)CCCCCCCCCCCCCCCCCC. The summed E-state index contributed by atoms with van der Waals surface area (Å²) in [6, 6.07) is 0. The second-order valence-electron chi connectivity index (χ2n) is 16.3. The van der Waals surface area contributed by atoms with Gasteiger partial charge in [0.25, 0.3) is 0 Å². The number of hydrogen-bond acceptors (Lipinski definition) is 9. The lowest BCUT2D eigenvalue weighted by molar-refractivity contribution is -0.161.